The molecule has 2 N–H and O–H groups in total. The Morgan fingerprint density at radius 1 is 1.17 bits per heavy atom. The van der Waals surface area contributed by atoms with E-state index in [0.29, 0.717) is 0 Å². The van der Waals surface area contributed by atoms with Crippen LogP contribution in [0.4, 0.5) is 0 Å². The number of rotatable bonds is 7. The maximum atomic E-state index is 9.76. The maximum Gasteiger partial charge on any atom is 0.0868 e. The van der Waals surface area contributed by atoms with Crippen LogP contribution in [0.5, 0.6) is 0 Å². The molecule has 2 aromatic rings. The molecule has 98 valence electrons. The van der Waals surface area contributed by atoms with Crippen molar-refractivity contribution < 1.29 is 5.21 Å². The Balaban J connectivity index is 1.88. The second-order valence-electron chi connectivity index (χ2n) is 4.72. The lowest BCUT2D eigenvalue weighted by Crippen LogP contribution is -2.18. The molecule has 0 saturated heterocycles. The third kappa shape index (κ3) is 3.05. The van der Waals surface area contributed by atoms with Crippen LogP contribution in [0.1, 0.15) is 31.7 Å². The van der Waals surface area contributed by atoms with Crippen LogP contribution < -0.4 is 5.32 Å². The second-order valence-corrected chi connectivity index (χ2v) is 4.72. The Morgan fingerprint density at radius 3 is 2.83 bits per heavy atom. The first-order valence-corrected chi connectivity index (χ1v) is 6.82. The van der Waals surface area contributed by atoms with Crippen molar-refractivity contribution in [2.75, 3.05) is 13.1 Å². The number of nitrogens with one attached hydrogen (secondary N) is 1. The molecular formula is C15H22N2O. The molecule has 0 aliphatic carbocycles. The summed E-state index contributed by atoms with van der Waals surface area (Å²) in [6.45, 7) is 4.28. The highest BCUT2D eigenvalue weighted by Crippen LogP contribution is 2.20. The number of benzene rings is 1. The average Bonchev–Trinajstić information content (AvgIpc) is 2.71. The Bertz CT molecular complexity index is 490. The van der Waals surface area contributed by atoms with Gasteiger partial charge in [0.05, 0.1) is 5.52 Å². The van der Waals surface area contributed by atoms with Crippen molar-refractivity contribution in [1.29, 1.82) is 0 Å². The van der Waals surface area contributed by atoms with Gasteiger partial charge in [0.25, 0.3) is 0 Å². The van der Waals surface area contributed by atoms with Gasteiger partial charge in [-0.2, -0.15) is 4.73 Å². The van der Waals surface area contributed by atoms with Crippen LogP contribution in [0.2, 0.25) is 0 Å². The van der Waals surface area contributed by atoms with E-state index in [9.17, 15) is 5.21 Å². The molecule has 0 aliphatic heterocycles. The molecular weight excluding hydrogens is 224 g/mol. The standard InChI is InChI=1S/C15H22N2O/c1-2-3-6-10-16-11-9-13-12-17(18)15-8-5-4-7-14(13)15/h4-5,7-8,12,16,18H,2-3,6,9-11H2,1H3. The smallest absolute Gasteiger partial charge is 0.0868 e. The van der Waals surface area contributed by atoms with Gasteiger partial charge in [0.2, 0.25) is 0 Å². The highest BCUT2D eigenvalue weighted by atomic mass is 16.5. The molecule has 0 radical (unpaired) electrons. The first-order valence-electron chi connectivity index (χ1n) is 6.82. The zero-order valence-electron chi connectivity index (χ0n) is 11.0. The topological polar surface area (TPSA) is 37.2 Å². The van der Waals surface area contributed by atoms with Crippen LogP contribution in [0.25, 0.3) is 10.9 Å². The lowest BCUT2D eigenvalue weighted by atomic mass is 10.1. The van der Waals surface area contributed by atoms with E-state index < -0.39 is 0 Å². The predicted octanol–water partition coefficient (Wildman–Crippen LogP) is 3.20. The van der Waals surface area contributed by atoms with Crippen molar-refractivity contribution in [3.63, 3.8) is 0 Å². The van der Waals surface area contributed by atoms with Gasteiger partial charge in [0, 0.05) is 11.6 Å². The average molecular weight is 246 g/mol. The van der Waals surface area contributed by atoms with Gasteiger partial charge < -0.3 is 10.5 Å². The molecule has 2 rings (SSSR count). The van der Waals surface area contributed by atoms with Crippen LogP contribution in [0, 0.1) is 0 Å². The Morgan fingerprint density at radius 2 is 2.00 bits per heavy atom. The van der Waals surface area contributed by atoms with Crippen molar-refractivity contribution in [1.82, 2.24) is 10.0 Å². The Kier molecular flexibility index (Phi) is 4.65. The van der Waals surface area contributed by atoms with Gasteiger partial charge in [-0.15, -0.1) is 0 Å². The van der Waals surface area contributed by atoms with E-state index in [0.717, 1.165) is 30.4 Å². The highest BCUT2D eigenvalue weighted by Gasteiger charge is 2.06. The number of unbranched alkanes of at least 4 members (excludes halogenated alkanes) is 2. The summed E-state index contributed by atoms with van der Waals surface area (Å²) in [5, 5.41) is 14.4. The molecule has 0 saturated carbocycles. The van der Waals surface area contributed by atoms with E-state index in [1.165, 1.54) is 29.6 Å². The largest absolute Gasteiger partial charge is 0.428 e. The first kappa shape index (κ1) is 13.0. The highest BCUT2D eigenvalue weighted by molar-refractivity contribution is 5.83. The molecule has 18 heavy (non-hydrogen) atoms. The third-order valence-corrected chi connectivity index (χ3v) is 3.30. The summed E-state index contributed by atoms with van der Waals surface area (Å²) >= 11 is 0. The van der Waals surface area contributed by atoms with Crippen LogP contribution in [0.15, 0.2) is 30.5 Å². The molecule has 1 aromatic carbocycles. The number of fused-ring (bicyclic) bond motifs is 1. The molecule has 0 bridgehead atoms. The summed E-state index contributed by atoms with van der Waals surface area (Å²) in [5.74, 6) is 0. The third-order valence-electron chi connectivity index (χ3n) is 3.30. The number of para-hydroxylation sites is 1. The molecule has 0 unspecified atom stereocenters. The van der Waals surface area contributed by atoms with E-state index in [4.69, 9.17) is 0 Å². The Labute approximate surface area is 108 Å². The maximum absolute atomic E-state index is 9.76. The molecule has 1 heterocycles. The number of nitrogens with zero attached hydrogens (tertiary/aromatic N) is 1. The van der Waals surface area contributed by atoms with Crippen molar-refractivity contribution in [2.24, 2.45) is 0 Å². The fraction of sp³-hybridized carbons (Fsp3) is 0.467. The van der Waals surface area contributed by atoms with Gasteiger partial charge in [0.1, 0.15) is 0 Å². The van der Waals surface area contributed by atoms with E-state index in [1.807, 2.05) is 24.4 Å². The molecule has 0 atom stereocenters. The van der Waals surface area contributed by atoms with Crippen LogP contribution in [-0.4, -0.2) is 23.0 Å². The first-order chi connectivity index (χ1) is 8.83. The van der Waals surface area contributed by atoms with Crippen molar-refractivity contribution in [2.45, 2.75) is 32.6 Å². The van der Waals surface area contributed by atoms with Crippen LogP contribution in [-0.2, 0) is 6.42 Å². The van der Waals surface area contributed by atoms with E-state index in [2.05, 4.69) is 18.3 Å². The molecule has 0 fully saturated rings. The van der Waals surface area contributed by atoms with E-state index >= 15 is 0 Å². The summed E-state index contributed by atoms with van der Waals surface area (Å²) in [5.41, 5.74) is 2.09. The molecule has 0 aliphatic rings. The van der Waals surface area contributed by atoms with Gasteiger partial charge in [-0.3, -0.25) is 0 Å². The van der Waals surface area contributed by atoms with Gasteiger partial charge in [0.15, 0.2) is 0 Å². The summed E-state index contributed by atoms with van der Waals surface area (Å²) in [7, 11) is 0. The molecule has 3 nitrogen and oxygen atoms in total. The fourth-order valence-electron chi connectivity index (χ4n) is 2.28. The predicted molar refractivity (Wildman–Crippen MR) is 75.2 cm³/mol. The van der Waals surface area contributed by atoms with Gasteiger partial charge >= 0.3 is 0 Å². The monoisotopic (exact) mass is 246 g/mol. The molecule has 0 amide bonds. The molecule has 3 heteroatoms. The quantitative estimate of drug-likeness (QED) is 0.581. The number of hydrogen-bond acceptors (Lipinski definition) is 2. The second kappa shape index (κ2) is 6.45. The van der Waals surface area contributed by atoms with Crippen molar-refractivity contribution >= 4 is 10.9 Å². The normalized spacial score (nSPS) is 11.2. The zero-order valence-corrected chi connectivity index (χ0v) is 11.0. The number of hydrogen-bond donors (Lipinski definition) is 2. The summed E-state index contributed by atoms with van der Waals surface area (Å²) in [4.78, 5) is 0. The van der Waals surface area contributed by atoms with Crippen molar-refractivity contribution in [3.8, 4) is 0 Å². The van der Waals surface area contributed by atoms with Gasteiger partial charge in [-0.05, 0) is 37.6 Å². The van der Waals surface area contributed by atoms with Gasteiger partial charge in [-0.25, -0.2) is 0 Å². The van der Waals surface area contributed by atoms with Crippen LogP contribution >= 0.6 is 0 Å². The SMILES string of the molecule is CCCCCNCCc1cn(O)c2ccccc12. The minimum Gasteiger partial charge on any atom is -0.428 e. The van der Waals surface area contributed by atoms with Gasteiger partial charge in [-0.1, -0.05) is 38.0 Å². The van der Waals surface area contributed by atoms with E-state index in [1.54, 1.807) is 0 Å². The van der Waals surface area contributed by atoms with Crippen LogP contribution in [0.3, 0.4) is 0 Å². The summed E-state index contributed by atoms with van der Waals surface area (Å²) in [6, 6.07) is 7.96. The Hall–Kier alpha value is -1.48. The molecule has 0 spiro atoms. The zero-order chi connectivity index (χ0) is 12.8. The summed E-state index contributed by atoms with van der Waals surface area (Å²) < 4.78 is 1.22. The number of aromatic nitrogens is 1. The minimum absolute atomic E-state index is 0.887. The minimum atomic E-state index is 0.887. The van der Waals surface area contributed by atoms with Crippen molar-refractivity contribution in [3.05, 3.63) is 36.0 Å². The van der Waals surface area contributed by atoms with E-state index in [-0.39, 0.29) is 0 Å². The fourth-order valence-corrected chi connectivity index (χ4v) is 2.28. The molecule has 1 aromatic heterocycles. The lowest BCUT2D eigenvalue weighted by Gasteiger charge is -2.03. The summed E-state index contributed by atoms with van der Waals surface area (Å²) in [6.07, 6.45) is 6.58. The lowest BCUT2D eigenvalue weighted by molar-refractivity contribution is 0.199.